The molecule has 1 aromatic carbocycles. The minimum atomic E-state index is 0.210. The van der Waals surface area contributed by atoms with Crippen molar-refractivity contribution in [2.75, 3.05) is 0 Å². The highest BCUT2D eigenvalue weighted by Crippen LogP contribution is 2.26. The van der Waals surface area contributed by atoms with Crippen LogP contribution >= 0.6 is 0 Å². The molecular weight excluding hydrogens is 224 g/mol. The summed E-state index contributed by atoms with van der Waals surface area (Å²) in [6.07, 6.45) is 4.06. The molecule has 0 aliphatic rings. The molecule has 0 bridgehead atoms. The highest BCUT2D eigenvalue weighted by atomic mass is 16.4. The highest BCUT2D eigenvalue weighted by Gasteiger charge is 2.17. The zero-order valence-electron chi connectivity index (χ0n) is 11.2. The van der Waals surface area contributed by atoms with E-state index in [1.165, 1.54) is 0 Å². The van der Waals surface area contributed by atoms with Gasteiger partial charge in [-0.2, -0.15) is 0 Å². The number of aromatic nitrogens is 2. The number of hydrogen-bond acceptors (Lipinski definition) is 3. The summed E-state index contributed by atoms with van der Waals surface area (Å²) in [7, 11) is 0. The van der Waals surface area contributed by atoms with Crippen molar-refractivity contribution in [3.63, 3.8) is 0 Å². The Labute approximate surface area is 108 Å². The normalized spacial score (nSPS) is 11.7. The fourth-order valence-electron chi connectivity index (χ4n) is 1.54. The lowest BCUT2D eigenvalue weighted by atomic mass is 9.85. The largest absolute Gasteiger partial charge is 0.421 e. The molecule has 1 heterocycles. The first-order valence-corrected chi connectivity index (χ1v) is 6.33. The second-order valence-electron chi connectivity index (χ2n) is 5.12. The monoisotopic (exact) mass is 243 g/mol. The predicted molar refractivity (Wildman–Crippen MR) is 71.8 cm³/mol. The molecule has 0 fully saturated rings. The number of benzene rings is 1. The Kier molecular flexibility index (Phi) is 3.80. The molecule has 0 spiro atoms. The second kappa shape index (κ2) is 5.34. The zero-order chi connectivity index (χ0) is 13.0. The van der Waals surface area contributed by atoms with Crippen LogP contribution in [0.5, 0.6) is 0 Å². The lowest BCUT2D eigenvalue weighted by molar-refractivity contribution is 0.397. The molecule has 1 radical (unpaired) electrons. The van der Waals surface area contributed by atoms with Gasteiger partial charge in [-0.1, -0.05) is 45.4 Å². The molecule has 3 heteroatoms. The summed E-state index contributed by atoms with van der Waals surface area (Å²) >= 11 is 0. The van der Waals surface area contributed by atoms with Gasteiger partial charge in [0.25, 0.3) is 0 Å². The van der Waals surface area contributed by atoms with Crippen LogP contribution in [-0.2, 0) is 6.42 Å². The van der Waals surface area contributed by atoms with Crippen LogP contribution in [0.2, 0.25) is 0 Å². The van der Waals surface area contributed by atoms with Crippen molar-refractivity contribution >= 4 is 0 Å². The van der Waals surface area contributed by atoms with E-state index in [0.717, 1.165) is 18.4 Å². The molecule has 0 atom stereocenters. The number of rotatable bonds is 5. The molecule has 18 heavy (non-hydrogen) atoms. The van der Waals surface area contributed by atoms with Gasteiger partial charge in [0.15, 0.2) is 0 Å². The van der Waals surface area contributed by atoms with E-state index in [0.29, 0.717) is 11.8 Å². The van der Waals surface area contributed by atoms with Gasteiger partial charge < -0.3 is 4.42 Å². The highest BCUT2D eigenvalue weighted by molar-refractivity contribution is 5.51. The van der Waals surface area contributed by atoms with E-state index < -0.39 is 0 Å². The molecular formula is C15H19N2O. The maximum Gasteiger partial charge on any atom is 0.247 e. The van der Waals surface area contributed by atoms with Gasteiger partial charge in [-0.05, 0) is 24.0 Å². The third-order valence-electron chi connectivity index (χ3n) is 3.23. The smallest absolute Gasteiger partial charge is 0.247 e. The summed E-state index contributed by atoms with van der Waals surface area (Å²) in [5.74, 6) is 1.27. The van der Waals surface area contributed by atoms with Crippen LogP contribution in [0.25, 0.3) is 11.5 Å². The summed E-state index contributed by atoms with van der Waals surface area (Å²) in [5.41, 5.74) is 1.17. The summed E-state index contributed by atoms with van der Waals surface area (Å²) in [6, 6.07) is 9.84. The molecule has 0 aliphatic heterocycles. The zero-order valence-corrected chi connectivity index (χ0v) is 11.2. The minimum absolute atomic E-state index is 0.210. The van der Waals surface area contributed by atoms with E-state index in [-0.39, 0.29) is 5.41 Å². The van der Waals surface area contributed by atoms with Crippen molar-refractivity contribution in [1.29, 1.82) is 0 Å². The van der Waals surface area contributed by atoms with Gasteiger partial charge in [-0.3, -0.25) is 0 Å². The van der Waals surface area contributed by atoms with Crippen LogP contribution in [0.15, 0.2) is 34.7 Å². The van der Waals surface area contributed by atoms with E-state index >= 15 is 0 Å². The maximum atomic E-state index is 5.66. The molecule has 0 amide bonds. The number of hydrogen-bond donors (Lipinski definition) is 0. The van der Waals surface area contributed by atoms with Gasteiger partial charge in [0.2, 0.25) is 11.8 Å². The van der Waals surface area contributed by atoms with Crippen molar-refractivity contribution in [3.05, 3.63) is 42.6 Å². The van der Waals surface area contributed by atoms with Gasteiger partial charge in [-0.15, -0.1) is 10.2 Å². The van der Waals surface area contributed by atoms with Gasteiger partial charge >= 0.3 is 0 Å². The second-order valence-corrected chi connectivity index (χ2v) is 5.12. The molecule has 0 unspecified atom stereocenters. The van der Waals surface area contributed by atoms with Gasteiger partial charge in [0.1, 0.15) is 0 Å². The fourth-order valence-corrected chi connectivity index (χ4v) is 1.54. The molecule has 0 aliphatic carbocycles. The summed E-state index contributed by atoms with van der Waals surface area (Å²) in [6.45, 7) is 6.60. The fraction of sp³-hybridized carbons (Fsp3) is 0.400. The first-order chi connectivity index (χ1) is 8.61. The van der Waals surface area contributed by atoms with E-state index in [9.17, 15) is 0 Å². The van der Waals surface area contributed by atoms with Crippen molar-refractivity contribution in [3.8, 4) is 11.5 Å². The Morgan fingerprint density at radius 1 is 1.17 bits per heavy atom. The van der Waals surface area contributed by atoms with Crippen LogP contribution in [-0.4, -0.2) is 10.2 Å². The Morgan fingerprint density at radius 2 is 1.89 bits per heavy atom. The van der Waals surface area contributed by atoms with Crippen LogP contribution < -0.4 is 0 Å². The van der Waals surface area contributed by atoms with Gasteiger partial charge in [0.05, 0.1) is 0 Å². The third kappa shape index (κ3) is 3.19. The maximum absolute atomic E-state index is 5.66. The predicted octanol–water partition coefficient (Wildman–Crippen LogP) is 3.92. The van der Waals surface area contributed by atoms with Crippen molar-refractivity contribution < 1.29 is 4.42 Å². The average Bonchev–Trinajstić information content (AvgIpc) is 2.86. The molecule has 2 rings (SSSR count). The molecule has 1 aromatic heterocycles. The molecule has 0 N–H and O–H groups in total. The first kappa shape index (κ1) is 12.8. The Balaban J connectivity index is 2.03. The van der Waals surface area contributed by atoms with E-state index in [2.05, 4.69) is 37.4 Å². The lowest BCUT2D eigenvalue weighted by Crippen LogP contribution is -2.11. The van der Waals surface area contributed by atoms with E-state index in [1.54, 1.807) is 0 Å². The first-order valence-electron chi connectivity index (χ1n) is 6.33. The molecule has 3 nitrogen and oxygen atoms in total. The Morgan fingerprint density at radius 3 is 2.56 bits per heavy atom. The topological polar surface area (TPSA) is 38.9 Å². The molecule has 0 saturated heterocycles. The van der Waals surface area contributed by atoms with Crippen LogP contribution in [0, 0.1) is 11.8 Å². The molecule has 0 saturated carbocycles. The quantitative estimate of drug-likeness (QED) is 0.799. The standard InChI is InChI=1S/C15H19N2O/c1-4-15(2,3)11-10-13-16-17-14(18-13)12-8-6-5-7-9-12/h5-9,11H,4,10H2,1-3H3. The summed E-state index contributed by atoms with van der Waals surface area (Å²) < 4.78 is 5.66. The lowest BCUT2D eigenvalue weighted by Gasteiger charge is -2.20. The van der Waals surface area contributed by atoms with Crippen molar-refractivity contribution in [1.82, 2.24) is 10.2 Å². The van der Waals surface area contributed by atoms with Crippen molar-refractivity contribution in [2.45, 2.75) is 33.6 Å². The van der Waals surface area contributed by atoms with Crippen LogP contribution in [0.1, 0.15) is 33.1 Å². The minimum Gasteiger partial charge on any atom is -0.421 e. The van der Waals surface area contributed by atoms with Crippen LogP contribution in [0.4, 0.5) is 0 Å². The van der Waals surface area contributed by atoms with Crippen LogP contribution in [0.3, 0.4) is 0 Å². The summed E-state index contributed by atoms with van der Waals surface area (Å²) in [4.78, 5) is 0. The van der Waals surface area contributed by atoms with Gasteiger partial charge in [0, 0.05) is 12.0 Å². The van der Waals surface area contributed by atoms with Gasteiger partial charge in [-0.25, -0.2) is 0 Å². The number of nitrogens with zero attached hydrogens (tertiary/aromatic N) is 2. The molecule has 95 valence electrons. The third-order valence-corrected chi connectivity index (χ3v) is 3.23. The molecule has 2 aromatic rings. The average molecular weight is 243 g/mol. The van der Waals surface area contributed by atoms with Crippen molar-refractivity contribution in [2.24, 2.45) is 5.41 Å². The van der Waals surface area contributed by atoms with E-state index in [4.69, 9.17) is 4.42 Å². The summed E-state index contributed by atoms with van der Waals surface area (Å²) in [5, 5.41) is 8.16. The SMILES string of the molecule is CCC(C)(C)[CH]Cc1nnc(-c2ccccc2)o1. The van der Waals surface area contributed by atoms with E-state index in [1.807, 2.05) is 30.3 Å². The Bertz CT molecular complexity index is 488. The Hall–Kier alpha value is -1.64.